The first-order chi connectivity index (χ1) is 17.7. The normalized spacial score (nSPS) is 11.2. The molecule has 0 saturated heterocycles. The molecule has 4 rings (SSSR count). The topological polar surface area (TPSA) is 182 Å². The molecule has 1 amide bonds. The van der Waals surface area contributed by atoms with Crippen LogP contribution in [0.3, 0.4) is 0 Å². The van der Waals surface area contributed by atoms with Gasteiger partial charge in [-0.05, 0) is 49.1 Å². The van der Waals surface area contributed by atoms with E-state index >= 15 is 0 Å². The van der Waals surface area contributed by atoms with E-state index in [-0.39, 0.29) is 49.5 Å². The fraction of sp³-hybridized carbons (Fsp3) is 0.222. The number of halogens is 2. The molecule has 0 saturated carbocycles. The maximum Gasteiger partial charge on any atom is 0.408 e. The van der Waals surface area contributed by atoms with Crippen molar-refractivity contribution in [2.75, 3.05) is 6.54 Å². The van der Waals surface area contributed by atoms with E-state index in [9.17, 15) is 9.90 Å². The Kier molecular flexibility index (Phi) is 10.8. The summed E-state index contributed by atoms with van der Waals surface area (Å²) < 4.78 is 0. The third kappa shape index (κ3) is 7.46. The van der Waals surface area contributed by atoms with Gasteiger partial charge in [0, 0.05) is 36.0 Å². The molecular formula is C27H32Cl2N8O2. The van der Waals surface area contributed by atoms with Crippen LogP contribution in [0.4, 0.5) is 4.79 Å². The minimum atomic E-state index is -1.11. The molecule has 0 spiro atoms. The molecule has 0 bridgehead atoms. The van der Waals surface area contributed by atoms with Crippen molar-refractivity contribution in [3.05, 3.63) is 94.6 Å². The van der Waals surface area contributed by atoms with Crippen LogP contribution in [0.1, 0.15) is 46.2 Å². The van der Waals surface area contributed by atoms with Crippen LogP contribution in [-0.4, -0.2) is 49.3 Å². The molecule has 0 fully saturated rings. The van der Waals surface area contributed by atoms with Gasteiger partial charge in [0.25, 0.3) is 0 Å². The maximum atomic E-state index is 12.5. The molecule has 4 aromatic rings. The first-order valence-corrected chi connectivity index (χ1v) is 11.9. The van der Waals surface area contributed by atoms with Crippen LogP contribution in [-0.2, 0) is 12.8 Å². The molecule has 10 nitrogen and oxygen atoms in total. The number of nitrogen functional groups attached to an aromatic ring is 1. The lowest BCUT2D eigenvalue weighted by molar-refractivity contribution is 0.133. The van der Waals surface area contributed by atoms with Gasteiger partial charge in [-0.25, -0.2) is 9.78 Å². The number of aromatic nitrogens is 3. The number of nitrogens with zero attached hydrogens (tertiary/aromatic N) is 3. The summed E-state index contributed by atoms with van der Waals surface area (Å²) in [7, 11) is 0. The Labute approximate surface area is 238 Å². The number of H-pyrrole nitrogens is 1. The molecule has 206 valence electrons. The van der Waals surface area contributed by atoms with Crippen LogP contribution in [0.2, 0.25) is 0 Å². The van der Waals surface area contributed by atoms with Crippen LogP contribution in [0.15, 0.2) is 60.8 Å². The fourth-order valence-corrected chi connectivity index (χ4v) is 4.45. The van der Waals surface area contributed by atoms with Crippen molar-refractivity contribution in [3.63, 3.8) is 0 Å². The number of carboxylic acid groups (broad SMARTS) is 1. The van der Waals surface area contributed by atoms with Gasteiger partial charge in [0.1, 0.15) is 11.7 Å². The summed E-state index contributed by atoms with van der Waals surface area (Å²) in [4.78, 5) is 26.1. The molecule has 0 aliphatic heterocycles. The molecule has 0 aliphatic carbocycles. The molecule has 2 aromatic heterocycles. The number of amides is 1. The second-order valence-electron chi connectivity index (χ2n) is 8.90. The standard InChI is InChI=1S/C27H30N8O2.2ClH/c1-16-33-22-11-9-19(15-23(22)34-16)25(35(27(36)37)14-12-24(28)29)20-3-2-13-32-21(20)10-6-17-4-7-18(8-5-17)26(30)31;;/h2-5,7-9,11,13,15,25H,6,10,12,14H2,1H3,(H3,28,29)(H3,30,31)(H,33,34)(H,36,37);2*1H. The van der Waals surface area contributed by atoms with Crippen molar-refractivity contribution in [1.82, 2.24) is 19.9 Å². The Morgan fingerprint density at radius 3 is 2.44 bits per heavy atom. The molecule has 2 heterocycles. The predicted octanol–water partition coefficient (Wildman–Crippen LogP) is 4.57. The smallest absolute Gasteiger partial charge is 0.408 e. The predicted molar refractivity (Wildman–Crippen MR) is 158 cm³/mol. The Balaban J connectivity index is 0.00000267. The zero-order chi connectivity index (χ0) is 26.5. The third-order valence-corrected chi connectivity index (χ3v) is 6.25. The van der Waals surface area contributed by atoms with Gasteiger partial charge in [-0.1, -0.05) is 36.4 Å². The number of rotatable bonds is 10. The molecule has 0 aliphatic rings. The highest BCUT2D eigenvalue weighted by Crippen LogP contribution is 2.33. The quantitative estimate of drug-likeness (QED) is 0.120. The minimum Gasteiger partial charge on any atom is -0.465 e. The van der Waals surface area contributed by atoms with Crippen molar-refractivity contribution >= 4 is 53.6 Å². The highest BCUT2D eigenvalue weighted by Gasteiger charge is 2.29. The monoisotopic (exact) mass is 570 g/mol. The Morgan fingerprint density at radius 1 is 1.08 bits per heavy atom. The summed E-state index contributed by atoms with van der Waals surface area (Å²) in [6.45, 7) is 1.94. The molecule has 12 heteroatoms. The number of nitrogens with one attached hydrogen (secondary N) is 3. The van der Waals surface area contributed by atoms with Gasteiger partial charge in [-0.3, -0.25) is 20.7 Å². The largest absolute Gasteiger partial charge is 0.465 e. The fourth-order valence-electron chi connectivity index (χ4n) is 4.45. The summed E-state index contributed by atoms with van der Waals surface area (Å²) in [5, 5.41) is 25.4. The lowest BCUT2D eigenvalue weighted by Crippen LogP contribution is -2.37. The molecular weight excluding hydrogens is 539 g/mol. The number of fused-ring (bicyclic) bond motifs is 1. The Morgan fingerprint density at radius 2 is 1.79 bits per heavy atom. The van der Waals surface area contributed by atoms with E-state index in [0.717, 1.165) is 39.2 Å². The van der Waals surface area contributed by atoms with Crippen molar-refractivity contribution in [2.24, 2.45) is 11.5 Å². The molecule has 39 heavy (non-hydrogen) atoms. The van der Waals surface area contributed by atoms with E-state index in [1.165, 1.54) is 4.90 Å². The van der Waals surface area contributed by atoms with Crippen molar-refractivity contribution < 1.29 is 9.90 Å². The highest BCUT2D eigenvalue weighted by molar-refractivity contribution is 5.94. The Hall–Kier alpha value is -4.15. The Bertz CT molecular complexity index is 1460. The van der Waals surface area contributed by atoms with E-state index in [4.69, 9.17) is 22.3 Å². The van der Waals surface area contributed by atoms with Crippen LogP contribution < -0.4 is 11.5 Å². The average Bonchev–Trinajstić information content (AvgIpc) is 3.24. The van der Waals surface area contributed by atoms with E-state index in [1.54, 1.807) is 12.3 Å². The van der Waals surface area contributed by atoms with Gasteiger partial charge >= 0.3 is 6.09 Å². The summed E-state index contributed by atoms with van der Waals surface area (Å²) >= 11 is 0. The number of hydrogen-bond donors (Lipinski definition) is 6. The number of aromatic amines is 1. The van der Waals surface area contributed by atoms with Crippen molar-refractivity contribution in [1.29, 1.82) is 10.8 Å². The van der Waals surface area contributed by atoms with Gasteiger partial charge in [-0.2, -0.15) is 0 Å². The number of amidine groups is 2. The average molecular weight is 572 g/mol. The summed E-state index contributed by atoms with van der Waals surface area (Å²) in [6, 6.07) is 16.2. The van der Waals surface area contributed by atoms with Gasteiger partial charge in [0.2, 0.25) is 0 Å². The molecule has 2 aromatic carbocycles. The van der Waals surface area contributed by atoms with Gasteiger partial charge in [-0.15, -0.1) is 24.8 Å². The number of pyridine rings is 1. The summed E-state index contributed by atoms with van der Waals surface area (Å²) in [6.07, 6.45) is 1.97. The zero-order valence-corrected chi connectivity index (χ0v) is 23.0. The van der Waals surface area contributed by atoms with Gasteiger partial charge in [0.15, 0.2) is 0 Å². The van der Waals surface area contributed by atoms with E-state index in [1.807, 2.05) is 55.5 Å². The van der Waals surface area contributed by atoms with Crippen LogP contribution >= 0.6 is 24.8 Å². The highest BCUT2D eigenvalue weighted by atomic mass is 35.5. The SMILES string of the molecule is Cc1nc2ccc(C(c3cccnc3CCc3ccc(C(=N)N)cc3)N(CCC(=N)N)C(=O)O)cc2[nH]1.Cl.Cl. The van der Waals surface area contributed by atoms with Crippen LogP contribution in [0.5, 0.6) is 0 Å². The lowest BCUT2D eigenvalue weighted by atomic mass is 9.93. The van der Waals surface area contributed by atoms with E-state index < -0.39 is 12.1 Å². The van der Waals surface area contributed by atoms with Crippen molar-refractivity contribution in [2.45, 2.75) is 32.2 Å². The molecule has 1 atom stereocenters. The maximum absolute atomic E-state index is 12.5. The lowest BCUT2D eigenvalue weighted by Gasteiger charge is -2.31. The van der Waals surface area contributed by atoms with Crippen molar-refractivity contribution in [3.8, 4) is 0 Å². The number of carbonyl (C=O) groups is 1. The number of nitrogens with two attached hydrogens (primary N) is 2. The summed E-state index contributed by atoms with van der Waals surface area (Å²) in [5.74, 6) is 0.712. The number of imidazole rings is 1. The second kappa shape index (κ2) is 13.6. The third-order valence-electron chi connectivity index (χ3n) is 6.25. The van der Waals surface area contributed by atoms with Crippen LogP contribution in [0, 0.1) is 17.7 Å². The number of hydrogen-bond acceptors (Lipinski definition) is 5. The van der Waals surface area contributed by atoms with Gasteiger partial charge in [0.05, 0.1) is 22.9 Å². The van der Waals surface area contributed by atoms with E-state index in [2.05, 4.69) is 15.0 Å². The number of benzene rings is 2. The second-order valence-corrected chi connectivity index (χ2v) is 8.90. The zero-order valence-electron chi connectivity index (χ0n) is 21.3. The van der Waals surface area contributed by atoms with E-state index in [0.29, 0.717) is 18.4 Å². The minimum absolute atomic E-state index is 0. The van der Waals surface area contributed by atoms with Crippen LogP contribution in [0.25, 0.3) is 11.0 Å². The molecule has 8 N–H and O–H groups in total. The first-order valence-electron chi connectivity index (χ1n) is 11.9. The number of aryl methyl sites for hydroxylation is 3. The summed E-state index contributed by atoms with van der Waals surface area (Å²) in [5.41, 5.74) is 16.8. The molecule has 1 unspecified atom stereocenters. The van der Waals surface area contributed by atoms with Gasteiger partial charge < -0.3 is 21.6 Å². The molecule has 0 radical (unpaired) electrons. The first kappa shape index (κ1) is 31.1.